The average Bonchev–Trinajstić information content (AvgIpc) is 2.39. The highest BCUT2D eigenvalue weighted by Gasteiger charge is 2.14. The number of aromatic hydroxyl groups is 1. The molecule has 4 nitrogen and oxygen atoms in total. The third-order valence-electron chi connectivity index (χ3n) is 2.86. The maximum Gasteiger partial charge on any atom is 0.335 e. The maximum absolute atomic E-state index is 11.6. The molecule has 104 valence electrons. The van der Waals surface area contributed by atoms with E-state index in [1.807, 2.05) is 24.8 Å². The van der Waals surface area contributed by atoms with Gasteiger partial charge >= 0.3 is 5.97 Å². The van der Waals surface area contributed by atoms with Crippen molar-refractivity contribution in [1.29, 1.82) is 0 Å². The third kappa shape index (κ3) is 4.02. The van der Waals surface area contributed by atoms with Crippen LogP contribution < -0.4 is 4.90 Å². The Labute approximate surface area is 114 Å². The zero-order valence-electron chi connectivity index (χ0n) is 11.8. The number of anilines is 1. The number of likely N-dealkylation sites (N-methyl/N-ethyl adjacent to an activating group) is 1. The molecule has 0 heterocycles. The van der Waals surface area contributed by atoms with E-state index in [9.17, 15) is 9.90 Å². The highest BCUT2D eigenvalue weighted by Crippen LogP contribution is 2.25. The van der Waals surface area contributed by atoms with E-state index in [0.29, 0.717) is 25.3 Å². The van der Waals surface area contributed by atoms with E-state index in [1.54, 1.807) is 19.1 Å². The molecule has 0 spiro atoms. The van der Waals surface area contributed by atoms with Crippen molar-refractivity contribution in [2.45, 2.75) is 20.8 Å². The van der Waals surface area contributed by atoms with Gasteiger partial charge in [-0.25, -0.2) is 4.79 Å². The fraction of sp³-hybridized carbons (Fsp3) is 0.400. The fourth-order valence-electron chi connectivity index (χ4n) is 1.83. The van der Waals surface area contributed by atoms with Crippen LogP contribution in [0, 0.1) is 6.92 Å². The molecule has 0 aromatic heterocycles. The van der Waals surface area contributed by atoms with Gasteiger partial charge in [-0.2, -0.15) is 0 Å². The van der Waals surface area contributed by atoms with Crippen LogP contribution in [-0.2, 0) is 9.53 Å². The van der Waals surface area contributed by atoms with Gasteiger partial charge in [0.2, 0.25) is 0 Å². The van der Waals surface area contributed by atoms with E-state index in [-0.39, 0.29) is 11.7 Å². The molecule has 0 aliphatic heterocycles. The first-order valence-electron chi connectivity index (χ1n) is 6.39. The first kappa shape index (κ1) is 15.1. The number of benzene rings is 1. The Morgan fingerprint density at radius 1 is 1.42 bits per heavy atom. The van der Waals surface area contributed by atoms with Crippen molar-refractivity contribution in [2.75, 3.05) is 24.6 Å². The van der Waals surface area contributed by atoms with Gasteiger partial charge in [-0.05, 0) is 32.4 Å². The molecular formula is C15H21NO3. The molecule has 1 aromatic carbocycles. The summed E-state index contributed by atoms with van der Waals surface area (Å²) in [6.45, 7) is 10.9. The number of rotatable bonds is 6. The summed E-state index contributed by atoms with van der Waals surface area (Å²) in [5.41, 5.74) is 2.34. The summed E-state index contributed by atoms with van der Waals surface area (Å²) in [5.74, 6) is -0.167. The molecule has 1 N–H and O–H groups in total. The van der Waals surface area contributed by atoms with Crippen LogP contribution in [0.25, 0.3) is 0 Å². The third-order valence-corrected chi connectivity index (χ3v) is 2.86. The molecule has 0 aliphatic rings. The Kier molecular flexibility index (Phi) is 5.42. The number of esters is 1. The number of carbonyl (C=O) groups excluding carboxylic acids is 1. The van der Waals surface area contributed by atoms with Gasteiger partial charge in [0.05, 0.1) is 6.61 Å². The van der Waals surface area contributed by atoms with Gasteiger partial charge in [-0.1, -0.05) is 12.6 Å². The molecule has 4 heteroatoms. The minimum Gasteiger partial charge on any atom is -0.508 e. The monoisotopic (exact) mass is 263 g/mol. The summed E-state index contributed by atoms with van der Waals surface area (Å²) in [7, 11) is 0. The minimum atomic E-state index is -0.376. The van der Waals surface area contributed by atoms with Crippen LogP contribution in [0.1, 0.15) is 19.4 Å². The zero-order valence-corrected chi connectivity index (χ0v) is 11.8. The number of ether oxygens (including phenoxy) is 1. The highest BCUT2D eigenvalue weighted by atomic mass is 16.5. The number of phenolic OH excluding ortho intramolecular Hbond substituents is 1. The number of carbonyl (C=O) groups is 1. The molecule has 0 atom stereocenters. The van der Waals surface area contributed by atoms with Gasteiger partial charge in [-0.3, -0.25) is 0 Å². The number of phenols is 1. The molecular weight excluding hydrogens is 242 g/mol. The first-order valence-corrected chi connectivity index (χ1v) is 6.39. The van der Waals surface area contributed by atoms with Crippen molar-refractivity contribution in [3.05, 3.63) is 35.9 Å². The lowest BCUT2D eigenvalue weighted by Gasteiger charge is -2.25. The first-order chi connectivity index (χ1) is 8.99. The molecule has 0 fully saturated rings. The molecule has 0 radical (unpaired) electrons. The average molecular weight is 263 g/mol. The van der Waals surface area contributed by atoms with E-state index in [1.165, 1.54) is 0 Å². The molecule has 0 amide bonds. The normalized spacial score (nSPS) is 10.1. The van der Waals surface area contributed by atoms with Crippen LogP contribution in [0.2, 0.25) is 0 Å². The quantitative estimate of drug-likeness (QED) is 0.633. The van der Waals surface area contributed by atoms with Crippen LogP contribution in [0.4, 0.5) is 5.69 Å². The van der Waals surface area contributed by atoms with Gasteiger partial charge in [0.1, 0.15) is 5.75 Å². The van der Waals surface area contributed by atoms with Gasteiger partial charge in [0.15, 0.2) is 0 Å². The summed E-state index contributed by atoms with van der Waals surface area (Å²) in [5, 5.41) is 9.57. The van der Waals surface area contributed by atoms with E-state index >= 15 is 0 Å². The van der Waals surface area contributed by atoms with Crippen LogP contribution >= 0.6 is 0 Å². The second-order valence-electron chi connectivity index (χ2n) is 4.31. The molecule has 0 saturated heterocycles. The number of hydrogen-bond donors (Lipinski definition) is 1. The van der Waals surface area contributed by atoms with Crippen molar-refractivity contribution >= 4 is 11.7 Å². The molecule has 0 aliphatic carbocycles. The summed E-state index contributed by atoms with van der Waals surface area (Å²) < 4.78 is 4.92. The van der Waals surface area contributed by atoms with Crippen LogP contribution in [0.5, 0.6) is 5.75 Å². The van der Waals surface area contributed by atoms with Gasteiger partial charge < -0.3 is 14.7 Å². The molecule has 0 bridgehead atoms. The lowest BCUT2D eigenvalue weighted by Crippen LogP contribution is -2.28. The molecule has 19 heavy (non-hydrogen) atoms. The fourth-order valence-corrected chi connectivity index (χ4v) is 1.83. The highest BCUT2D eigenvalue weighted by molar-refractivity contribution is 5.89. The Morgan fingerprint density at radius 2 is 2.11 bits per heavy atom. The lowest BCUT2D eigenvalue weighted by molar-refractivity contribution is -0.138. The maximum atomic E-state index is 11.6. The predicted octanol–water partition coefficient (Wildman–Crippen LogP) is 2.65. The second-order valence-corrected chi connectivity index (χ2v) is 4.31. The SMILES string of the molecule is C=C(CN(CC)c1cc(O)ccc1C)C(=O)OCC. The van der Waals surface area contributed by atoms with E-state index < -0.39 is 0 Å². The Bertz CT molecular complexity index is 468. The van der Waals surface area contributed by atoms with E-state index in [4.69, 9.17) is 4.74 Å². The second kappa shape index (κ2) is 6.83. The van der Waals surface area contributed by atoms with Crippen molar-refractivity contribution in [3.63, 3.8) is 0 Å². The summed E-state index contributed by atoms with van der Waals surface area (Å²) in [6.07, 6.45) is 0. The van der Waals surface area contributed by atoms with Crippen molar-refractivity contribution in [2.24, 2.45) is 0 Å². The zero-order chi connectivity index (χ0) is 14.4. The largest absolute Gasteiger partial charge is 0.508 e. The van der Waals surface area contributed by atoms with Gasteiger partial charge in [-0.15, -0.1) is 0 Å². The lowest BCUT2D eigenvalue weighted by atomic mass is 10.1. The Balaban J connectivity index is 2.86. The molecule has 0 unspecified atom stereocenters. The van der Waals surface area contributed by atoms with Gasteiger partial charge in [0, 0.05) is 30.4 Å². The molecule has 0 saturated carbocycles. The molecule has 1 aromatic rings. The van der Waals surface area contributed by atoms with E-state index in [0.717, 1.165) is 11.3 Å². The van der Waals surface area contributed by atoms with Crippen LogP contribution in [0.15, 0.2) is 30.4 Å². The standard InChI is InChI=1S/C15H21NO3/c1-5-16(10-12(4)15(18)19-6-2)14-9-13(17)8-7-11(14)3/h7-9,17H,4-6,10H2,1-3H3. The van der Waals surface area contributed by atoms with Crippen molar-refractivity contribution < 1.29 is 14.6 Å². The van der Waals surface area contributed by atoms with Gasteiger partial charge in [0.25, 0.3) is 0 Å². The van der Waals surface area contributed by atoms with Crippen LogP contribution in [0.3, 0.4) is 0 Å². The van der Waals surface area contributed by atoms with Crippen LogP contribution in [-0.4, -0.2) is 30.8 Å². The topological polar surface area (TPSA) is 49.8 Å². The Morgan fingerprint density at radius 3 is 2.68 bits per heavy atom. The number of hydrogen-bond acceptors (Lipinski definition) is 4. The van der Waals surface area contributed by atoms with Crippen molar-refractivity contribution in [1.82, 2.24) is 0 Å². The van der Waals surface area contributed by atoms with E-state index in [2.05, 4.69) is 6.58 Å². The molecule has 1 rings (SSSR count). The number of nitrogens with zero attached hydrogens (tertiary/aromatic N) is 1. The minimum absolute atomic E-state index is 0.209. The predicted molar refractivity (Wildman–Crippen MR) is 76.5 cm³/mol. The van der Waals surface area contributed by atoms with Crippen molar-refractivity contribution in [3.8, 4) is 5.75 Å². The number of aryl methyl sites for hydroxylation is 1. The summed E-state index contributed by atoms with van der Waals surface area (Å²) >= 11 is 0. The smallest absolute Gasteiger partial charge is 0.335 e. The Hall–Kier alpha value is -1.97. The summed E-state index contributed by atoms with van der Waals surface area (Å²) in [6, 6.07) is 5.19. The summed E-state index contributed by atoms with van der Waals surface area (Å²) in [4.78, 5) is 13.6.